The Hall–Kier alpha value is -1.31. The van der Waals surface area contributed by atoms with Gasteiger partial charge in [-0.15, -0.1) is 0 Å². The molecule has 1 unspecified atom stereocenters. The summed E-state index contributed by atoms with van der Waals surface area (Å²) in [6, 6.07) is 2.89. The molecule has 5 nitrogen and oxygen atoms in total. The van der Waals surface area contributed by atoms with E-state index in [1.165, 1.54) is 6.07 Å². The lowest BCUT2D eigenvalue weighted by Gasteiger charge is -2.40. The lowest BCUT2D eigenvalue weighted by molar-refractivity contribution is -0.186. The van der Waals surface area contributed by atoms with Crippen LogP contribution in [0.4, 0.5) is 4.39 Å². The molecule has 2 aliphatic heterocycles. The van der Waals surface area contributed by atoms with Crippen LogP contribution in [-0.2, 0) is 19.1 Å². The van der Waals surface area contributed by atoms with Crippen molar-refractivity contribution < 1.29 is 23.5 Å². The van der Waals surface area contributed by atoms with Gasteiger partial charge in [0.1, 0.15) is 17.3 Å². The largest absolute Gasteiger partial charge is 0.348 e. The summed E-state index contributed by atoms with van der Waals surface area (Å²) in [5.41, 5.74) is 0.289. The molecule has 3 fully saturated rings. The molecule has 1 amide bonds. The molecule has 134 valence electrons. The Balaban J connectivity index is 1.62. The number of hydrogen-bond acceptors (Lipinski definition) is 4. The van der Waals surface area contributed by atoms with Crippen LogP contribution in [0, 0.1) is 12.7 Å². The van der Waals surface area contributed by atoms with Gasteiger partial charge in [0.2, 0.25) is 5.91 Å². The van der Waals surface area contributed by atoms with Crippen LogP contribution in [-0.4, -0.2) is 36.2 Å². The van der Waals surface area contributed by atoms with Crippen LogP contribution < -0.4 is 5.32 Å². The quantitative estimate of drug-likeness (QED) is 0.721. The molecule has 0 bridgehead atoms. The van der Waals surface area contributed by atoms with E-state index in [1.54, 1.807) is 13.0 Å². The number of halogens is 2. The maximum atomic E-state index is 13.7. The third kappa shape index (κ3) is 2.64. The van der Waals surface area contributed by atoms with Crippen molar-refractivity contribution in [1.29, 1.82) is 0 Å². The van der Waals surface area contributed by atoms with Crippen molar-refractivity contribution in [2.75, 3.05) is 13.2 Å². The Morgan fingerprint density at radius 3 is 2.44 bits per heavy atom. The summed E-state index contributed by atoms with van der Waals surface area (Å²) in [7, 11) is 0. The Morgan fingerprint density at radius 2 is 1.80 bits per heavy atom. The Labute approximate surface area is 153 Å². The van der Waals surface area contributed by atoms with Crippen molar-refractivity contribution in [2.24, 2.45) is 0 Å². The van der Waals surface area contributed by atoms with Gasteiger partial charge in [-0.25, -0.2) is 4.39 Å². The zero-order valence-corrected chi connectivity index (χ0v) is 15.4. The van der Waals surface area contributed by atoms with Crippen molar-refractivity contribution >= 4 is 27.6 Å². The van der Waals surface area contributed by atoms with E-state index in [2.05, 4.69) is 21.2 Å². The fraction of sp³-hybridized carbons (Fsp3) is 0.556. The van der Waals surface area contributed by atoms with Crippen LogP contribution in [0.3, 0.4) is 0 Å². The highest BCUT2D eigenvalue weighted by Crippen LogP contribution is 2.45. The number of ketones is 1. The molecule has 1 aromatic carbocycles. The summed E-state index contributed by atoms with van der Waals surface area (Å²) in [4.78, 5) is 25.8. The third-order valence-electron chi connectivity index (χ3n) is 5.66. The SMILES string of the molecule is Cc1cc(F)c(Br)cc1C1C(=O)NC2(CCC3(CC2)OCCO3)C1=O. The van der Waals surface area contributed by atoms with Gasteiger partial charge in [-0.2, -0.15) is 0 Å². The van der Waals surface area contributed by atoms with E-state index in [1.807, 2.05) is 0 Å². The molecular formula is C18H19BrFNO4. The van der Waals surface area contributed by atoms with E-state index in [4.69, 9.17) is 9.47 Å². The summed E-state index contributed by atoms with van der Waals surface area (Å²) in [5, 5.41) is 2.93. The highest BCUT2D eigenvalue weighted by molar-refractivity contribution is 9.10. The van der Waals surface area contributed by atoms with E-state index < -0.39 is 23.1 Å². The van der Waals surface area contributed by atoms with Crippen molar-refractivity contribution in [3.05, 3.63) is 33.5 Å². The molecule has 1 saturated carbocycles. The van der Waals surface area contributed by atoms with Crippen molar-refractivity contribution in [3.8, 4) is 0 Å². The number of Topliss-reactive ketones (excluding diaryl/α,β-unsaturated/α-hetero) is 1. The molecular weight excluding hydrogens is 393 g/mol. The molecule has 2 saturated heterocycles. The maximum absolute atomic E-state index is 13.7. The molecule has 0 radical (unpaired) electrons. The molecule has 2 spiro atoms. The van der Waals surface area contributed by atoms with Gasteiger partial charge in [-0.05, 0) is 59.0 Å². The normalized spacial score (nSPS) is 27.2. The Morgan fingerprint density at radius 1 is 1.16 bits per heavy atom. The van der Waals surface area contributed by atoms with Crippen molar-refractivity contribution in [1.82, 2.24) is 5.32 Å². The summed E-state index contributed by atoms with van der Waals surface area (Å²) in [5.74, 6) is -2.33. The van der Waals surface area contributed by atoms with E-state index in [0.717, 1.165) is 0 Å². The number of ether oxygens (including phenoxy) is 2. The maximum Gasteiger partial charge on any atom is 0.235 e. The smallest absolute Gasteiger partial charge is 0.235 e. The van der Waals surface area contributed by atoms with Gasteiger partial charge in [-0.1, -0.05) is 0 Å². The van der Waals surface area contributed by atoms with E-state index in [0.29, 0.717) is 50.0 Å². The van der Waals surface area contributed by atoms with Crippen LogP contribution in [0.25, 0.3) is 0 Å². The number of benzene rings is 1. The number of rotatable bonds is 1. The fourth-order valence-corrected chi connectivity index (χ4v) is 4.60. The molecule has 7 heteroatoms. The van der Waals surface area contributed by atoms with Gasteiger partial charge >= 0.3 is 0 Å². The monoisotopic (exact) mass is 411 g/mol. The average Bonchev–Trinajstić information content (AvgIpc) is 3.12. The fourth-order valence-electron chi connectivity index (χ4n) is 4.23. The number of nitrogens with one attached hydrogen (secondary N) is 1. The van der Waals surface area contributed by atoms with Crippen molar-refractivity contribution in [3.63, 3.8) is 0 Å². The first-order chi connectivity index (χ1) is 11.9. The molecule has 1 atom stereocenters. The van der Waals surface area contributed by atoms with Gasteiger partial charge in [-0.3, -0.25) is 9.59 Å². The molecule has 25 heavy (non-hydrogen) atoms. The summed E-state index contributed by atoms with van der Waals surface area (Å²) >= 11 is 3.14. The predicted octanol–water partition coefficient (Wildman–Crippen LogP) is 2.74. The summed E-state index contributed by atoms with van der Waals surface area (Å²) in [6.07, 6.45) is 2.15. The predicted molar refractivity (Wildman–Crippen MR) is 90.6 cm³/mol. The molecule has 3 aliphatic rings. The number of carbonyl (C=O) groups excluding carboxylic acids is 2. The minimum absolute atomic E-state index is 0.132. The molecule has 2 heterocycles. The van der Waals surface area contributed by atoms with Crippen LogP contribution in [0.1, 0.15) is 42.7 Å². The molecule has 1 aliphatic carbocycles. The topological polar surface area (TPSA) is 64.6 Å². The van der Waals surface area contributed by atoms with E-state index in [9.17, 15) is 14.0 Å². The first-order valence-corrected chi connectivity index (χ1v) is 9.25. The first kappa shape index (κ1) is 17.1. The molecule has 4 rings (SSSR count). The zero-order chi connectivity index (χ0) is 17.8. The molecule has 1 aromatic rings. The Bertz CT molecular complexity index is 750. The summed E-state index contributed by atoms with van der Waals surface area (Å²) in [6.45, 7) is 2.85. The molecule has 1 N–H and O–H groups in total. The van der Waals surface area contributed by atoms with Gasteiger partial charge in [0, 0.05) is 12.8 Å². The number of hydrogen-bond donors (Lipinski definition) is 1. The second kappa shape index (κ2) is 5.86. The lowest BCUT2D eigenvalue weighted by atomic mass is 9.74. The van der Waals surface area contributed by atoms with Gasteiger partial charge in [0.15, 0.2) is 11.6 Å². The van der Waals surface area contributed by atoms with Gasteiger partial charge in [0.05, 0.1) is 17.7 Å². The van der Waals surface area contributed by atoms with Crippen LogP contribution >= 0.6 is 15.9 Å². The highest BCUT2D eigenvalue weighted by atomic mass is 79.9. The molecule has 0 aromatic heterocycles. The number of carbonyl (C=O) groups is 2. The zero-order valence-electron chi connectivity index (χ0n) is 13.9. The van der Waals surface area contributed by atoms with Crippen LogP contribution in [0.2, 0.25) is 0 Å². The van der Waals surface area contributed by atoms with Gasteiger partial charge < -0.3 is 14.8 Å². The van der Waals surface area contributed by atoms with E-state index >= 15 is 0 Å². The summed E-state index contributed by atoms with van der Waals surface area (Å²) < 4.78 is 25.4. The average molecular weight is 412 g/mol. The second-order valence-corrected chi connectivity index (χ2v) is 7.95. The van der Waals surface area contributed by atoms with Gasteiger partial charge in [0.25, 0.3) is 0 Å². The lowest BCUT2D eigenvalue weighted by Crippen LogP contribution is -2.53. The Kier molecular flexibility index (Phi) is 4.01. The highest BCUT2D eigenvalue weighted by Gasteiger charge is 2.57. The first-order valence-electron chi connectivity index (χ1n) is 8.46. The number of aryl methyl sites for hydroxylation is 1. The minimum Gasteiger partial charge on any atom is -0.348 e. The van der Waals surface area contributed by atoms with Crippen LogP contribution in [0.5, 0.6) is 0 Å². The van der Waals surface area contributed by atoms with E-state index in [-0.39, 0.29) is 16.2 Å². The number of amides is 1. The third-order valence-corrected chi connectivity index (χ3v) is 6.27. The van der Waals surface area contributed by atoms with Crippen molar-refractivity contribution in [2.45, 2.75) is 49.9 Å². The minimum atomic E-state index is -0.892. The standard InChI is InChI=1S/C18H19BrFNO4/c1-10-8-13(20)12(19)9-11(10)14-15(22)17(21-16(14)23)2-4-18(5-3-17)24-6-7-25-18/h8-9,14H,2-7H2,1H3,(H,21,23). The van der Waals surface area contributed by atoms with Crippen LogP contribution in [0.15, 0.2) is 16.6 Å². The second-order valence-electron chi connectivity index (χ2n) is 7.10.